The maximum atomic E-state index is 8.22. The van der Waals surface area contributed by atoms with Crippen LogP contribution in [0.2, 0.25) is 0 Å². The molecule has 0 spiro atoms. The lowest BCUT2D eigenvalue weighted by Crippen LogP contribution is -1.69. The summed E-state index contributed by atoms with van der Waals surface area (Å²) in [5.41, 5.74) is 1.36. The second-order valence-corrected chi connectivity index (χ2v) is 1.55. The number of rotatable bonds is 0. The van der Waals surface area contributed by atoms with E-state index in [1.54, 1.807) is 6.07 Å². The van der Waals surface area contributed by atoms with E-state index < -0.39 is 0 Å². The van der Waals surface area contributed by atoms with E-state index in [1.165, 1.54) is 0 Å². The maximum absolute atomic E-state index is 8.22. The average molecular weight is 167 g/mol. The van der Waals surface area contributed by atoms with Gasteiger partial charge in [-0.15, -0.1) is 0 Å². The van der Waals surface area contributed by atoms with Gasteiger partial charge in [0, 0.05) is 5.69 Å². The van der Waals surface area contributed by atoms with Crippen LogP contribution in [0.15, 0.2) is 6.07 Å². The van der Waals surface area contributed by atoms with Gasteiger partial charge in [0.15, 0.2) is 5.69 Å². The Hall–Kier alpha value is -1.30. The van der Waals surface area contributed by atoms with Gasteiger partial charge in [0.25, 0.3) is 0 Å². The first-order chi connectivity index (χ1) is 5.83. The van der Waals surface area contributed by atoms with Crippen molar-refractivity contribution in [3.63, 3.8) is 0 Å². The third kappa shape index (κ3) is 5.48. The quantitative estimate of drug-likeness (QED) is 0.645. The molecule has 1 aromatic rings. The fourth-order valence-electron chi connectivity index (χ4n) is 0.475. The van der Waals surface area contributed by atoms with E-state index in [9.17, 15) is 0 Å². The van der Waals surface area contributed by atoms with Gasteiger partial charge in [0.1, 0.15) is 6.07 Å². The van der Waals surface area contributed by atoms with Gasteiger partial charge in [0.2, 0.25) is 0 Å². The zero-order chi connectivity index (χ0) is 9.98. The van der Waals surface area contributed by atoms with Crippen molar-refractivity contribution in [1.82, 2.24) is 10.2 Å². The largest absolute Gasteiger partial charge is 0.282 e. The summed E-state index contributed by atoms with van der Waals surface area (Å²) >= 11 is 0. The SMILES string of the molecule is CC.CC.Cc1cc(C#N)n[nH]1. The van der Waals surface area contributed by atoms with Gasteiger partial charge >= 0.3 is 0 Å². The number of nitriles is 1. The summed E-state index contributed by atoms with van der Waals surface area (Å²) in [6.07, 6.45) is 0. The van der Waals surface area contributed by atoms with Crippen molar-refractivity contribution in [2.45, 2.75) is 34.6 Å². The predicted molar refractivity (Wildman–Crippen MR) is 50.7 cm³/mol. The molecule has 0 saturated heterocycles. The molecule has 1 rings (SSSR count). The molecule has 68 valence electrons. The van der Waals surface area contributed by atoms with Crippen molar-refractivity contribution in [2.24, 2.45) is 0 Å². The van der Waals surface area contributed by atoms with Gasteiger partial charge < -0.3 is 0 Å². The topological polar surface area (TPSA) is 52.5 Å². The van der Waals surface area contributed by atoms with Gasteiger partial charge in [-0.1, -0.05) is 27.7 Å². The van der Waals surface area contributed by atoms with Crippen LogP contribution >= 0.6 is 0 Å². The van der Waals surface area contributed by atoms with Crippen molar-refractivity contribution < 1.29 is 0 Å². The number of hydrogen-bond acceptors (Lipinski definition) is 2. The number of H-pyrrole nitrogens is 1. The van der Waals surface area contributed by atoms with Gasteiger partial charge in [-0.3, -0.25) is 5.10 Å². The predicted octanol–water partition coefficient (Wildman–Crippen LogP) is 2.64. The minimum Gasteiger partial charge on any atom is -0.282 e. The molecule has 1 heterocycles. The van der Waals surface area contributed by atoms with E-state index in [-0.39, 0.29) is 0 Å². The van der Waals surface area contributed by atoms with Crippen molar-refractivity contribution in [2.75, 3.05) is 0 Å². The average Bonchev–Trinajstić information content (AvgIpc) is 2.58. The molecule has 0 aliphatic rings. The maximum Gasteiger partial charge on any atom is 0.162 e. The molecular weight excluding hydrogens is 150 g/mol. The zero-order valence-corrected chi connectivity index (χ0v) is 8.47. The van der Waals surface area contributed by atoms with Crippen LogP contribution in [-0.4, -0.2) is 10.2 Å². The molecule has 3 heteroatoms. The van der Waals surface area contributed by atoms with E-state index in [0.29, 0.717) is 5.69 Å². The first kappa shape index (κ1) is 13.3. The van der Waals surface area contributed by atoms with Gasteiger partial charge in [-0.25, -0.2) is 0 Å². The van der Waals surface area contributed by atoms with E-state index in [4.69, 9.17) is 5.26 Å². The molecule has 12 heavy (non-hydrogen) atoms. The minimum atomic E-state index is 0.447. The summed E-state index contributed by atoms with van der Waals surface area (Å²) in [6, 6.07) is 3.60. The Morgan fingerprint density at radius 3 is 2.00 bits per heavy atom. The number of aromatic nitrogens is 2. The third-order valence-electron chi connectivity index (χ3n) is 0.820. The van der Waals surface area contributed by atoms with Crippen LogP contribution in [0.1, 0.15) is 39.1 Å². The Labute approximate surface area is 74.4 Å². The van der Waals surface area contributed by atoms with E-state index in [2.05, 4.69) is 10.2 Å². The summed E-state index contributed by atoms with van der Waals surface area (Å²) in [4.78, 5) is 0. The molecule has 0 aromatic carbocycles. The third-order valence-corrected chi connectivity index (χ3v) is 0.820. The summed E-state index contributed by atoms with van der Waals surface area (Å²) in [5.74, 6) is 0. The van der Waals surface area contributed by atoms with E-state index in [1.807, 2.05) is 40.7 Å². The first-order valence-electron chi connectivity index (χ1n) is 4.25. The molecule has 0 unspecified atom stereocenters. The van der Waals surface area contributed by atoms with Crippen LogP contribution in [0.25, 0.3) is 0 Å². The van der Waals surface area contributed by atoms with Crippen LogP contribution in [0, 0.1) is 18.3 Å². The van der Waals surface area contributed by atoms with Crippen LogP contribution in [-0.2, 0) is 0 Å². The molecule has 0 fully saturated rings. The van der Waals surface area contributed by atoms with Crippen LogP contribution in [0.3, 0.4) is 0 Å². The van der Waals surface area contributed by atoms with Gasteiger partial charge in [0.05, 0.1) is 0 Å². The number of nitrogens with zero attached hydrogens (tertiary/aromatic N) is 2. The highest BCUT2D eigenvalue weighted by Crippen LogP contribution is 1.92. The molecule has 1 N–H and O–H groups in total. The fourth-order valence-corrected chi connectivity index (χ4v) is 0.475. The smallest absolute Gasteiger partial charge is 0.162 e. The fraction of sp³-hybridized carbons (Fsp3) is 0.556. The lowest BCUT2D eigenvalue weighted by Gasteiger charge is -1.67. The zero-order valence-electron chi connectivity index (χ0n) is 8.47. The lowest BCUT2D eigenvalue weighted by molar-refractivity contribution is 1.03. The lowest BCUT2D eigenvalue weighted by atomic mass is 10.4. The number of aryl methyl sites for hydroxylation is 1. The summed E-state index contributed by atoms with van der Waals surface area (Å²) < 4.78 is 0. The molecule has 0 radical (unpaired) electrons. The van der Waals surface area contributed by atoms with Crippen LogP contribution in [0.4, 0.5) is 0 Å². The van der Waals surface area contributed by atoms with E-state index in [0.717, 1.165) is 5.69 Å². The van der Waals surface area contributed by atoms with E-state index >= 15 is 0 Å². The molecule has 0 aliphatic heterocycles. The summed E-state index contributed by atoms with van der Waals surface area (Å²) in [7, 11) is 0. The Kier molecular flexibility index (Phi) is 10.8. The molecule has 1 aromatic heterocycles. The second kappa shape index (κ2) is 9.70. The summed E-state index contributed by atoms with van der Waals surface area (Å²) in [6.45, 7) is 9.86. The normalized spacial score (nSPS) is 6.67. The van der Waals surface area contributed by atoms with Crippen molar-refractivity contribution in [3.05, 3.63) is 17.5 Å². The Morgan fingerprint density at radius 2 is 1.83 bits per heavy atom. The molecular formula is C9H17N3. The molecule has 0 amide bonds. The number of hydrogen-bond donors (Lipinski definition) is 1. The molecule has 0 bridgehead atoms. The van der Waals surface area contributed by atoms with Crippen molar-refractivity contribution in [3.8, 4) is 6.07 Å². The van der Waals surface area contributed by atoms with Crippen molar-refractivity contribution >= 4 is 0 Å². The highest BCUT2D eigenvalue weighted by molar-refractivity contribution is 5.20. The first-order valence-corrected chi connectivity index (χ1v) is 4.25. The van der Waals surface area contributed by atoms with Gasteiger partial charge in [-0.05, 0) is 13.0 Å². The number of aromatic amines is 1. The highest BCUT2D eigenvalue weighted by Gasteiger charge is 1.90. The Bertz CT molecular complexity index is 220. The Balaban J connectivity index is 0. The second-order valence-electron chi connectivity index (χ2n) is 1.55. The van der Waals surface area contributed by atoms with Crippen molar-refractivity contribution in [1.29, 1.82) is 5.26 Å². The van der Waals surface area contributed by atoms with Crippen LogP contribution in [0.5, 0.6) is 0 Å². The van der Waals surface area contributed by atoms with Gasteiger partial charge in [-0.2, -0.15) is 10.4 Å². The monoisotopic (exact) mass is 167 g/mol. The Morgan fingerprint density at radius 1 is 1.33 bits per heavy atom. The summed E-state index contributed by atoms with van der Waals surface area (Å²) in [5, 5.41) is 14.5. The molecule has 0 atom stereocenters. The molecule has 0 aliphatic carbocycles. The minimum absolute atomic E-state index is 0.447. The number of nitrogens with one attached hydrogen (secondary N) is 1. The molecule has 3 nitrogen and oxygen atoms in total. The molecule has 0 saturated carbocycles. The van der Waals surface area contributed by atoms with Crippen LogP contribution < -0.4 is 0 Å². The standard InChI is InChI=1S/C5H5N3.2C2H6/c1-4-2-5(3-6)8-7-4;2*1-2/h2H,1H3,(H,7,8);2*1-2H3. The highest BCUT2D eigenvalue weighted by atomic mass is 15.1.